The molecule has 0 aromatic carbocycles. The van der Waals surface area contributed by atoms with E-state index in [4.69, 9.17) is 4.52 Å². The summed E-state index contributed by atoms with van der Waals surface area (Å²) < 4.78 is 5.39. The summed E-state index contributed by atoms with van der Waals surface area (Å²) in [7, 11) is 0. The standard InChI is InChI=1S/C17H28N4O/c1-2-4-11-21(10-3-1)15-6-5-9-20(12-15)13-16-18-17(22-19-16)14-7-8-14/h14-15H,1-13H2/t15-/m0/s1. The topological polar surface area (TPSA) is 45.4 Å². The van der Waals surface area contributed by atoms with Gasteiger partial charge in [0.05, 0.1) is 6.54 Å². The Morgan fingerprint density at radius 1 is 0.955 bits per heavy atom. The monoisotopic (exact) mass is 304 g/mol. The lowest BCUT2D eigenvalue weighted by atomic mass is 10.0. The molecule has 3 fully saturated rings. The van der Waals surface area contributed by atoms with E-state index in [2.05, 4.69) is 19.9 Å². The van der Waals surface area contributed by atoms with Gasteiger partial charge in [0.25, 0.3) is 0 Å². The third-order valence-electron chi connectivity index (χ3n) is 5.41. The molecule has 0 N–H and O–H groups in total. The SMILES string of the molecule is C1CCCN([C@H]2CCCN(Cc3noc(C4CC4)n3)C2)CC1. The highest BCUT2D eigenvalue weighted by molar-refractivity contribution is 5.01. The van der Waals surface area contributed by atoms with Crippen LogP contribution < -0.4 is 0 Å². The highest BCUT2D eigenvalue weighted by Gasteiger charge is 2.30. The Labute approximate surface area is 133 Å². The number of piperidine rings is 1. The maximum absolute atomic E-state index is 5.39. The number of rotatable bonds is 4. The molecule has 1 aromatic rings. The minimum atomic E-state index is 0.562. The van der Waals surface area contributed by atoms with Crippen LogP contribution in [0.4, 0.5) is 0 Å². The summed E-state index contributed by atoms with van der Waals surface area (Å²) in [6.07, 6.45) is 10.7. The second-order valence-electron chi connectivity index (χ2n) is 7.30. The fourth-order valence-electron chi connectivity index (χ4n) is 3.96. The van der Waals surface area contributed by atoms with Crippen LogP contribution in [0.5, 0.6) is 0 Å². The summed E-state index contributed by atoms with van der Waals surface area (Å²) in [6, 6.07) is 0.738. The van der Waals surface area contributed by atoms with Crippen molar-refractivity contribution in [2.24, 2.45) is 0 Å². The van der Waals surface area contributed by atoms with E-state index in [9.17, 15) is 0 Å². The van der Waals surface area contributed by atoms with E-state index in [-0.39, 0.29) is 0 Å². The molecule has 2 saturated heterocycles. The first-order valence-electron chi connectivity index (χ1n) is 9.17. The van der Waals surface area contributed by atoms with Crippen LogP contribution in [0, 0.1) is 0 Å². The first-order valence-corrected chi connectivity index (χ1v) is 9.17. The van der Waals surface area contributed by atoms with Gasteiger partial charge in [-0.2, -0.15) is 4.98 Å². The van der Waals surface area contributed by atoms with Crippen LogP contribution in [0.2, 0.25) is 0 Å². The van der Waals surface area contributed by atoms with Crippen LogP contribution in [-0.2, 0) is 6.54 Å². The van der Waals surface area contributed by atoms with E-state index in [0.717, 1.165) is 24.3 Å². The molecule has 3 heterocycles. The van der Waals surface area contributed by atoms with E-state index in [1.54, 1.807) is 0 Å². The second-order valence-corrected chi connectivity index (χ2v) is 7.30. The van der Waals surface area contributed by atoms with Crippen molar-refractivity contribution in [3.63, 3.8) is 0 Å². The minimum Gasteiger partial charge on any atom is -0.339 e. The van der Waals surface area contributed by atoms with Gasteiger partial charge in [-0.25, -0.2) is 0 Å². The van der Waals surface area contributed by atoms with Gasteiger partial charge in [-0.05, 0) is 58.2 Å². The van der Waals surface area contributed by atoms with Gasteiger partial charge in [0.15, 0.2) is 5.82 Å². The molecule has 0 spiro atoms. The van der Waals surface area contributed by atoms with Crippen LogP contribution in [0.3, 0.4) is 0 Å². The highest BCUT2D eigenvalue weighted by atomic mass is 16.5. The molecule has 5 nitrogen and oxygen atoms in total. The summed E-state index contributed by atoms with van der Waals surface area (Å²) in [5, 5.41) is 4.18. The lowest BCUT2D eigenvalue weighted by Crippen LogP contribution is -2.48. The van der Waals surface area contributed by atoms with Gasteiger partial charge in [0.1, 0.15) is 0 Å². The van der Waals surface area contributed by atoms with E-state index in [0.29, 0.717) is 5.92 Å². The van der Waals surface area contributed by atoms with Crippen molar-refractivity contribution < 1.29 is 4.52 Å². The quantitative estimate of drug-likeness (QED) is 0.856. The molecule has 0 radical (unpaired) electrons. The molecule has 0 bridgehead atoms. The predicted molar refractivity (Wildman–Crippen MR) is 84.6 cm³/mol. The third kappa shape index (κ3) is 3.51. The molecule has 0 amide bonds. The first-order chi connectivity index (χ1) is 10.9. The van der Waals surface area contributed by atoms with Gasteiger partial charge in [-0.3, -0.25) is 9.80 Å². The summed E-state index contributed by atoms with van der Waals surface area (Å²) in [6.45, 7) is 5.81. The summed E-state index contributed by atoms with van der Waals surface area (Å²) in [5.74, 6) is 2.32. The largest absolute Gasteiger partial charge is 0.339 e. The van der Waals surface area contributed by atoms with Gasteiger partial charge in [0.2, 0.25) is 5.89 Å². The van der Waals surface area contributed by atoms with Crippen LogP contribution in [0.1, 0.15) is 69.0 Å². The Morgan fingerprint density at radius 2 is 1.77 bits per heavy atom. The number of hydrogen-bond acceptors (Lipinski definition) is 5. The van der Waals surface area contributed by atoms with Gasteiger partial charge in [0, 0.05) is 18.5 Å². The molecule has 122 valence electrons. The summed E-state index contributed by atoms with van der Waals surface area (Å²) >= 11 is 0. The zero-order valence-electron chi connectivity index (χ0n) is 13.5. The van der Waals surface area contributed by atoms with Crippen molar-refractivity contribution >= 4 is 0 Å². The molecule has 4 rings (SSSR count). The first kappa shape index (κ1) is 14.6. The molecule has 1 aromatic heterocycles. The van der Waals surface area contributed by atoms with E-state index >= 15 is 0 Å². The molecule has 5 heteroatoms. The van der Waals surface area contributed by atoms with E-state index < -0.39 is 0 Å². The Kier molecular flexibility index (Phi) is 4.44. The van der Waals surface area contributed by atoms with Gasteiger partial charge >= 0.3 is 0 Å². The predicted octanol–water partition coefficient (Wildman–Crippen LogP) is 2.79. The Balaban J connectivity index is 1.33. The smallest absolute Gasteiger partial charge is 0.229 e. The van der Waals surface area contributed by atoms with Crippen LogP contribution in [-0.4, -0.2) is 52.2 Å². The van der Waals surface area contributed by atoms with Crippen molar-refractivity contribution in [1.82, 2.24) is 19.9 Å². The van der Waals surface area contributed by atoms with E-state index in [1.165, 1.54) is 77.5 Å². The minimum absolute atomic E-state index is 0.562. The molecule has 3 aliphatic rings. The summed E-state index contributed by atoms with van der Waals surface area (Å²) in [5.41, 5.74) is 0. The molecule has 22 heavy (non-hydrogen) atoms. The van der Waals surface area contributed by atoms with Crippen molar-refractivity contribution in [2.45, 2.75) is 69.9 Å². The Bertz CT molecular complexity index is 477. The average molecular weight is 304 g/mol. The molecule has 0 unspecified atom stereocenters. The molecular weight excluding hydrogens is 276 g/mol. The molecular formula is C17H28N4O. The van der Waals surface area contributed by atoms with Crippen LogP contribution >= 0.6 is 0 Å². The van der Waals surface area contributed by atoms with Crippen molar-refractivity contribution in [3.05, 3.63) is 11.7 Å². The Morgan fingerprint density at radius 3 is 2.55 bits per heavy atom. The van der Waals surface area contributed by atoms with Gasteiger partial charge < -0.3 is 4.52 Å². The zero-order chi connectivity index (χ0) is 14.8. The van der Waals surface area contributed by atoms with Gasteiger partial charge in [-0.15, -0.1) is 0 Å². The third-order valence-corrected chi connectivity index (χ3v) is 5.41. The normalized spacial score (nSPS) is 28.6. The fourth-order valence-corrected chi connectivity index (χ4v) is 3.96. The van der Waals surface area contributed by atoms with Crippen LogP contribution in [0.15, 0.2) is 4.52 Å². The number of nitrogens with zero attached hydrogens (tertiary/aromatic N) is 4. The van der Waals surface area contributed by atoms with Crippen molar-refractivity contribution in [1.29, 1.82) is 0 Å². The number of likely N-dealkylation sites (tertiary alicyclic amines) is 2. The molecule has 1 saturated carbocycles. The fraction of sp³-hybridized carbons (Fsp3) is 0.882. The average Bonchev–Trinajstić information content (AvgIpc) is 3.33. The zero-order valence-corrected chi connectivity index (χ0v) is 13.5. The maximum Gasteiger partial charge on any atom is 0.229 e. The van der Waals surface area contributed by atoms with Crippen LogP contribution in [0.25, 0.3) is 0 Å². The van der Waals surface area contributed by atoms with Crippen molar-refractivity contribution in [3.8, 4) is 0 Å². The maximum atomic E-state index is 5.39. The van der Waals surface area contributed by atoms with E-state index in [1.807, 2.05) is 0 Å². The van der Waals surface area contributed by atoms with Gasteiger partial charge in [-0.1, -0.05) is 18.0 Å². The lowest BCUT2D eigenvalue weighted by Gasteiger charge is -2.38. The highest BCUT2D eigenvalue weighted by Crippen LogP contribution is 2.38. The second kappa shape index (κ2) is 6.67. The lowest BCUT2D eigenvalue weighted by molar-refractivity contribution is 0.0935. The molecule has 2 aliphatic heterocycles. The molecule has 1 atom stereocenters. The van der Waals surface area contributed by atoms with Crippen molar-refractivity contribution in [2.75, 3.05) is 26.2 Å². The Hall–Kier alpha value is -0.940. The number of hydrogen-bond donors (Lipinski definition) is 0. The number of aromatic nitrogens is 2. The summed E-state index contributed by atoms with van der Waals surface area (Å²) in [4.78, 5) is 9.86. The molecule has 1 aliphatic carbocycles.